The molecule has 0 saturated carbocycles. The summed E-state index contributed by atoms with van der Waals surface area (Å²) in [6.45, 7) is 4.32. The topological polar surface area (TPSA) is 38.8 Å². The van der Waals surface area contributed by atoms with Crippen LogP contribution in [0.5, 0.6) is 0 Å². The van der Waals surface area contributed by atoms with Crippen molar-refractivity contribution in [3.8, 4) is 0 Å². The van der Waals surface area contributed by atoms with Crippen LogP contribution in [0.25, 0.3) is 0 Å². The van der Waals surface area contributed by atoms with E-state index in [1.54, 1.807) is 11.6 Å². The summed E-state index contributed by atoms with van der Waals surface area (Å²) in [6, 6.07) is 0. The second-order valence-electron chi connectivity index (χ2n) is 3.38. The van der Waals surface area contributed by atoms with Gasteiger partial charge in [0.15, 0.2) is 0 Å². The van der Waals surface area contributed by atoms with Gasteiger partial charge >= 0.3 is 6.16 Å². The van der Waals surface area contributed by atoms with E-state index < -0.39 is 6.16 Å². The molecule has 0 atom stereocenters. The first-order valence-electron chi connectivity index (χ1n) is 4.35. The molecule has 82 valence electrons. The predicted octanol–water partition coefficient (Wildman–Crippen LogP) is 2.48. The lowest BCUT2D eigenvalue weighted by Gasteiger charge is -2.05. The largest absolute Gasteiger partial charge is 0.521 e. The van der Waals surface area contributed by atoms with Crippen LogP contribution in [0.15, 0.2) is 11.6 Å². The summed E-state index contributed by atoms with van der Waals surface area (Å²) in [4.78, 5) is 12.7. The molecule has 0 fully saturated rings. The van der Waals surface area contributed by atoms with Crippen molar-refractivity contribution in [3.05, 3.63) is 11.6 Å². The Morgan fingerprint density at radius 2 is 2.14 bits per heavy atom. The molecule has 0 aliphatic carbocycles. The summed E-state index contributed by atoms with van der Waals surface area (Å²) < 4.78 is 9.47. The van der Waals surface area contributed by atoms with Gasteiger partial charge < -0.3 is 13.8 Å². The van der Waals surface area contributed by atoms with E-state index in [9.17, 15) is 4.79 Å². The van der Waals surface area contributed by atoms with E-state index in [1.807, 2.05) is 32.8 Å². The second kappa shape index (κ2) is 7.55. The van der Waals surface area contributed by atoms with Gasteiger partial charge in [-0.15, -0.1) is 0 Å². The van der Waals surface area contributed by atoms with Gasteiger partial charge in [0.05, 0.1) is 18.6 Å². The molecule has 0 radical (unpaired) electrons. The maximum atomic E-state index is 10.9. The third kappa shape index (κ3) is 9.25. The lowest BCUT2D eigenvalue weighted by Crippen LogP contribution is -2.08. The van der Waals surface area contributed by atoms with Gasteiger partial charge in [-0.3, -0.25) is 0 Å². The molecule has 0 aromatic heterocycles. The fraction of sp³-hybridized carbons (Fsp3) is 0.667. The molecule has 0 bridgehead atoms. The van der Waals surface area contributed by atoms with Gasteiger partial charge in [-0.05, 0) is 5.92 Å². The summed E-state index contributed by atoms with van der Waals surface area (Å²) in [5.74, 6) is 0.324. The third-order valence-electron chi connectivity index (χ3n) is 1.07. The molecular weight excluding hydrogens is 202 g/mol. The zero-order valence-electron chi connectivity index (χ0n) is 9.02. The Morgan fingerprint density at radius 3 is 2.64 bits per heavy atom. The van der Waals surface area contributed by atoms with Gasteiger partial charge in [-0.25, -0.2) is 4.79 Å². The zero-order valence-corrected chi connectivity index (χ0v) is 9.84. The summed E-state index contributed by atoms with van der Waals surface area (Å²) in [5, 5.41) is 1.66. The van der Waals surface area contributed by atoms with Crippen molar-refractivity contribution < 1.29 is 13.7 Å². The minimum absolute atomic E-state index is 0.324. The van der Waals surface area contributed by atoms with Gasteiger partial charge in [0, 0.05) is 25.7 Å². The molecule has 0 spiro atoms. The minimum atomic E-state index is -0.646. The van der Waals surface area contributed by atoms with Gasteiger partial charge in [0.1, 0.15) is 0 Å². The molecule has 0 aliphatic rings. The highest BCUT2D eigenvalue weighted by molar-refractivity contribution is 7.97. The van der Waals surface area contributed by atoms with Crippen LogP contribution in [0, 0.1) is 5.92 Å². The molecule has 0 N–H and O–H groups in total. The standard InChI is InChI=1S/C9H17NO3S/c1-8(2)7-12-9(11)13-14-6-5-10(3)4/h5-6,8H,7H2,1-4H3/b6-5-. The van der Waals surface area contributed by atoms with Crippen LogP contribution < -0.4 is 0 Å². The highest BCUT2D eigenvalue weighted by Gasteiger charge is 2.04. The predicted molar refractivity (Wildman–Crippen MR) is 57.7 cm³/mol. The Bertz CT molecular complexity index is 192. The van der Waals surface area contributed by atoms with E-state index in [0.717, 1.165) is 12.0 Å². The first-order valence-corrected chi connectivity index (χ1v) is 5.16. The van der Waals surface area contributed by atoms with E-state index in [1.165, 1.54) is 0 Å². The summed E-state index contributed by atoms with van der Waals surface area (Å²) in [7, 11) is 3.77. The second-order valence-corrected chi connectivity index (χ2v) is 4.01. The first kappa shape index (κ1) is 13.2. The third-order valence-corrected chi connectivity index (χ3v) is 1.53. The van der Waals surface area contributed by atoms with Gasteiger partial charge in [0.25, 0.3) is 0 Å². The Morgan fingerprint density at radius 1 is 1.50 bits per heavy atom. The number of hydrogen-bond acceptors (Lipinski definition) is 5. The van der Waals surface area contributed by atoms with Crippen LogP contribution in [0.3, 0.4) is 0 Å². The van der Waals surface area contributed by atoms with Gasteiger partial charge in [0.2, 0.25) is 0 Å². The van der Waals surface area contributed by atoms with Crippen molar-refractivity contribution in [2.75, 3.05) is 20.7 Å². The van der Waals surface area contributed by atoms with Crippen LogP contribution in [0.4, 0.5) is 4.79 Å². The van der Waals surface area contributed by atoms with E-state index in [0.29, 0.717) is 12.5 Å². The average molecular weight is 219 g/mol. The fourth-order valence-corrected chi connectivity index (χ4v) is 0.948. The summed E-state index contributed by atoms with van der Waals surface area (Å²) >= 11 is 0.945. The summed E-state index contributed by atoms with van der Waals surface area (Å²) in [5.41, 5.74) is 0. The SMILES string of the molecule is CC(C)COC(=O)OS/C=C\N(C)C. The van der Waals surface area contributed by atoms with Crippen LogP contribution in [0.2, 0.25) is 0 Å². The van der Waals surface area contributed by atoms with E-state index in [4.69, 9.17) is 4.74 Å². The van der Waals surface area contributed by atoms with Crippen molar-refractivity contribution in [3.63, 3.8) is 0 Å². The molecule has 0 saturated heterocycles. The number of nitrogens with zero attached hydrogens (tertiary/aromatic N) is 1. The van der Waals surface area contributed by atoms with Crippen molar-refractivity contribution >= 4 is 18.2 Å². The van der Waals surface area contributed by atoms with E-state index in [2.05, 4.69) is 4.18 Å². The molecule has 0 unspecified atom stereocenters. The molecule has 0 heterocycles. The van der Waals surface area contributed by atoms with Crippen molar-refractivity contribution in [2.24, 2.45) is 5.92 Å². The van der Waals surface area contributed by atoms with Crippen LogP contribution in [-0.2, 0) is 8.92 Å². The molecule has 0 amide bonds. The Labute approximate surface area is 89.4 Å². The molecule has 0 aromatic rings. The maximum Gasteiger partial charge on any atom is 0.521 e. The minimum Gasteiger partial charge on any atom is -0.433 e. The zero-order chi connectivity index (χ0) is 11.0. The lowest BCUT2D eigenvalue weighted by atomic mass is 10.2. The average Bonchev–Trinajstić information content (AvgIpc) is 2.08. The maximum absolute atomic E-state index is 10.9. The summed E-state index contributed by atoms with van der Waals surface area (Å²) in [6.07, 6.45) is 1.13. The number of carbonyl (C=O) groups excluding carboxylic acids is 1. The number of ether oxygens (including phenoxy) is 1. The monoisotopic (exact) mass is 219 g/mol. The number of hydrogen-bond donors (Lipinski definition) is 0. The molecule has 0 rings (SSSR count). The Kier molecular flexibility index (Phi) is 7.10. The molecular formula is C9H17NO3S. The number of carbonyl (C=O) groups is 1. The Hall–Kier alpha value is -0.840. The van der Waals surface area contributed by atoms with Crippen molar-refractivity contribution in [1.82, 2.24) is 4.90 Å². The normalized spacial score (nSPS) is 10.6. The first-order chi connectivity index (χ1) is 6.52. The molecule has 5 heteroatoms. The highest BCUT2D eigenvalue weighted by Crippen LogP contribution is 2.07. The van der Waals surface area contributed by atoms with Crippen LogP contribution in [0.1, 0.15) is 13.8 Å². The van der Waals surface area contributed by atoms with Gasteiger partial charge in [-0.2, -0.15) is 0 Å². The highest BCUT2D eigenvalue weighted by atomic mass is 32.2. The van der Waals surface area contributed by atoms with E-state index >= 15 is 0 Å². The molecule has 4 nitrogen and oxygen atoms in total. The van der Waals surface area contributed by atoms with E-state index in [-0.39, 0.29) is 0 Å². The quantitative estimate of drug-likeness (QED) is 0.524. The van der Waals surface area contributed by atoms with Crippen molar-refractivity contribution in [2.45, 2.75) is 13.8 Å². The van der Waals surface area contributed by atoms with Crippen LogP contribution >= 0.6 is 12.0 Å². The van der Waals surface area contributed by atoms with Gasteiger partial charge in [-0.1, -0.05) is 13.8 Å². The van der Waals surface area contributed by atoms with Crippen molar-refractivity contribution in [1.29, 1.82) is 0 Å². The van der Waals surface area contributed by atoms with Crippen LogP contribution in [-0.4, -0.2) is 31.8 Å². The molecule has 0 aliphatic heterocycles. The molecule has 0 aromatic carbocycles. The lowest BCUT2D eigenvalue weighted by molar-refractivity contribution is 0.0955. The Balaban J connectivity index is 3.45. The smallest absolute Gasteiger partial charge is 0.433 e. The fourth-order valence-electron chi connectivity index (χ4n) is 0.472. The number of rotatable bonds is 5. The molecule has 14 heavy (non-hydrogen) atoms.